The lowest BCUT2D eigenvalue weighted by atomic mass is 10.3. The second-order valence-electron chi connectivity index (χ2n) is 3.87. The van der Waals surface area contributed by atoms with Crippen LogP contribution in [0.25, 0.3) is 0 Å². The molecule has 0 bridgehead atoms. The molecular formula is C10H13Br2N3. The molecule has 82 valence electrons. The van der Waals surface area contributed by atoms with Crippen molar-refractivity contribution in [1.29, 1.82) is 0 Å². The number of halogens is 2. The summed E-state index contributed by atoms with van der Waals surface area (Å²) in [7, 11) is 0. The Morgan fingerprint density at radius 2 is 2.33 bits per heavy atom. The van der Waals surface area contributed by atoms with Crippen LogP contribution in [-0.4, -0.2) is 29.0 Å². The van der Waals surface area contributed by atoms with E-state index in [1.54, 1.807) is 0 Å². The smallest absolute Gasteiger partial charge is 0.0686 e. The van der Waals surface area contributed by atoms with Crippen molar-refractivity contribution in [3.05, 3.63) is 26.9 Å². The molecule has 0 saturated carbocycles. The number of nitrogens with two attached hydrogens (primary N) is 1. The highest BCUT2D eigenvalue weighted by molar-refractivity contribution is 9.11. The van der Waals surface area contributed by atoms with E-state index < -0.39 is 0 Å². The monoisotopic (exact) mass is 333 g/mol. The van der Waals surface area contributed by atoms with E-state index in [-0.39, 0.29) is 0 Å². The van der Waals surface area contributed by atoms with E-state index in [4.69, 9.17) is 5.73 Å². The minimum atomic E-state index is 0.333. The predicted molar refractivity (Wildman–Crippen MR) is 67.5 cm³/mol. The topological polar surface area (TPSA) is 42.1 Å². The standard InChI is InChI=1S/C10H13Br2N3/c11-7-3-9(12)10(14-4-7)6-15-2-1-8(13)5-15/h3-4,8H,1-2,5-6,13H2. The van der Waals surface area contributed by atoms with Gasteiger partial charge in [0.2, 0.25) is 0 Å². The van der Waals surface area contributed by atoms with Gasteiger partial charge in [-0.2, -0.15) is 0 Å². The van der Waals surface area contributed by atoms with Crippen LogP contribution >= 0.6 is 31.9 Å². The zero-order valence-electron chi connectivity index (χ0n) is 8.29. The van der Waals surface area contributed by atoms with Gasteiger partial charge in [0.1, 0.15) is 0 Å². The Labute approximate surface area is 106 Å². The van der Waals surface area contributed by atoms with Gasteiger partial charge in [0, 0.05) is 40.8 Å². The number of nitrogens with zero attached hydrogens (tertiary/aromatic N) is 2. The van der Waals surface area contributed by atoms with Crippen molar-refractivity contribution in [3.63, 3.8) is 0 Å². The number of pyridine rings is 1. The van der Waals surface area contributed by atoms with Crippen molar-refractivity contribution >= 4 is 31.9 Å². The van der Waals surface area contributed by atoms with Crippen LogP contribution in [0.3, 0.4) is 0 Å². The molecule has 2 N–H and O–H groups in total. The normalized spacial score (nSPS) is 22.2. The summed E-state index contributed by atoms with van der Waals surface area (Å²) < 4.78 is 2.05. The minimum absolute atomic E-state index is 0.333. The third-order valence-corrected chi connectivity index (χ3v) is 3.69. The maximum atomic E-state index is 5.86. The minimum Gasteiger partial charge on any atom is -0.326 e. The van der Waals surface area contributed by atoms with E-state index >= 15 is 0 Å². The maximum Gasteiger partial charge on any atom is 0.0686 e. The van der Waals surface area contributed by atoms with Gasteiger partial charge in [-0.15, -0.1) is 0 Å². The number of aromatic nitrogens is 1. The Morgan fingerprint density at radius 1 is 1.53 bits per heavy atom. The summed E-state index contributed by atoms with van der Waals surface area (Å²) in [6, 6.07) is 2.36. The third kappa shape index (κ3) is 3.00. The first-order valence-corrected chi connectivity index (χ1v) is 6.51. The average molecular weight is 335 g/mol. The second-order valence-corrected chi connectivity index (χ2v) is 5.64. The van der Waals surface area contributed by atoms with Crippen molar-refractivity contribution in [3.8, 4) is 0 Å². The molecule has 1 aliphatic heterocycles. The molecule has 1 saturated heterocycles. The zero-order chi connectivity index (χ0) is 10.8. The summed E-state index contributed by atoms with van der Waals surface area (Å²) in [5.41, 5.74) is 6.94. The summed E-state index contributed by atoms with van der Waals surface area (Å²) in [5, 5.41) is 0. The van der Waals surface area contributed by atoms with Gasteiger partial charge in [-0.3, -0.25) is 9.88 Å². The fourth-order valence-electron chi connectivity index (χ4n) is 1.78. The van der Waals surface area contributed by atoms with E-state index in [0.717, 1.165) is 40.7 Å². The summed E-state index contributed by atoms with van der Waals surface area (Å²) in [4.78, 5) is 6.73. The van der Waals surface area contributed by atoms with Crippen molar-refractivity contribution in [2.24, 2.45) is 5.73 Å². The first-order valence-electron chi connectivity index (χ1n) is 4.93. The summed E-state index contributed by atoms with van der Waals surface area (Å²) in [5.74, 6) is 0. The van der Waals surface area contributed by atoms with Crippen molar-refractivity contribution in [1.82, 2.24) is 9.88 Å². The van der Waals surface area contributed by atoms with Crippen LogP contribution in [0.4, 0.5) is 0 Å². The van der Waals surface area contributed by atoms with Gasteiger partial charge in [0.05, 0.1) is 5.69 Å². The largest absolute Gasteiger partial charge is 0.326 e. The van der Waals surface area contributed by atoms with Crippen molar-refractivity contribution < 1.29 is 0 Å². The van der Waals surface area contributed by atoms with Gasteiger partial charge >= 0.3 is 0 Å². The van der Waals surface area contributed by atoms with Crippen LogP contribution in [-0.2, 0) is 6.54 Å². The zero-order valence-corrected chi connectivity index (χ0v) is 11.5. The van der Waals surface area contributed by atoms with Gasteiger partial charge in [0.15, 0.2) is 0 Å². The van der Waals surface area contributed by atoms with Crippen LogP contribution < -0.4 is 5.73 Å². The third-order valence-electron chi connectivity index (χ3n) is 2.57. The van der Waals surface area contributed by atoms with E-state index in [2.05, 4.69) is 41.7 Å². The van der Waals surface area contributed by atoms with E-state index in [9.17, 15) is 0 Å². The molecule has 3 nitrogen and oxygen atoms in total. The Balaban J connectivity index is 2.04. The SMILES string of the molecule is NC1CCN(Cc2ncc(Br)cc2Br)C1. The molecule has 1 aromatic heterocycles. The molecule has 0 spiro atoms. The molecule has 0 aromatic carbocycles. The highest BCUT2D eigenvalue weighted by Crippen LogP contribution is 2.21. The van der Waals surface area contributed by atoms with Crippen LogP contribution in [0.1, 0.15) is 12.1 Å². The number of hydrogen-bond acceptors (Lipinski definition) is 3. The Bertz CT molecular complexity index is 357. The lowest BCUT2D eigenvalue weighted by Crippen LogP contribution is -2.26. The Kier molecular flexibility index (Phi) is 3.77. The molecule has 0 radical (unpaired) electrons. The quantitative estimate of drug-likeness (QED) is 0.901. The Hall–Kier alpha value is 0.0300. The van der Waals surface area contributed by atoms with Crippen molar-refractivity contribution in [2.75, 3.05) is 13.1 Å². The van der Waals surface area contributed by atoms with Gasteiger partial charge < -0.3 is 5.73 Å². The highest BCUT2D eigenvalue weighted by Gasteiger charge is 2.19. The maximum absolute atomic E-state index is 5.86. The van der Waals surface area contributed by atoms with Crippen LogP contribution in [0, 0.1) is 0 Å². The lowest BCUT2D eigenvalue weighted by molar-refractivity contribution is 0.322. The number of likely N-dealkylation sites (tertiary alicyclic amines) is 1. The first kappa shape index (κ1) is 11.5. The van der Waals surface area contributed by atoms with Crippen LogP contribution in [0.2, 0.25) is 0 Å². The molecule has 0 aliphatic carbocycles. The summed E-state index contributed by atoms with van der Waals surface area (Å²) >= 11 is 6.91. The molecule has 2 rings (SSSR count). The molecule has 1 aliphatic rings. The van der Waals surface area contributed by atoms with E-state index in [0.29, 0.717) is 6.04 Å². The van der Waals surface area contributed by atoms with Gasteiger partial charge in [-0.05, 0) is 44.3 Å². The van der Waals surface area contributed by atoms with Gasteiger partial charge in [-0.25, -0.2) is 0 Å². The number of rotatable bonds is 2. The second kappa shape index (κ2) is 4.91. The van der Waals surface area contributed by atoms with Gasteiger partial charge in [0.25, 0.3) is 0 Å². The van der Waals surface area contributed by atoms with Crippen LogP contribution in [0.15, 0.2) is 21.2 Å². The molecule has 1 atom stereocenters. The highest BCUT2D eigenvalue weighted by atomic mass is 79.9. The molecule has 1 aromatic rings. The predicted octanol–water partition coefficient (Wildman–Crippen LogP) is 2.14. The average Bonchev–Trinajstić information content (AvgIpc) is 2.56. The fraction of sp³-hybridized carbons (Fsp3) is 0.500. The van der Waals surface area contributed by atoms with Gasteiger partial charge in [-0.1, -0.05) is 0 Å². The molecule has 1 fully saturated rings. The summed E-state index contributed by atoms with van der Waals surface area (Å²) in [6.45, 7) is 2.93. The van der Waals surface area contributed by atoms with E-state index in [1.165, 1.54) is 0 Å². The molecule has 0 amide bonds. The van der Waals surface area contributed by atoms with E-state index in [1.807, 2.05) is 12.3 Å². The molecular weight excluding hydrogens is 322 g/mol. The molecule has 5 heteroatoms. The molecule has 2 heterocycles. The lowest BCUT2D eigenvalue weighted by Gasteiger charge is -2.15. The van der Waals surface area contributed by atoms with Crippen LogP contribution in [0.5, 0.6) is 0 Å². The Morgan fingerprint density at radius 3 is 2.93 bits per heavy atom. The molecule has 1 unspecified atom stereocenters. The summed E-state index contributed by atoms with van der Waals surface area (Å²) in [6.07, 6.45) is 2.92. The first-order chi connectivity index (χ1) is 7.15. The van der Waals surface area contributed by atoms with Crippen molar-refractivity contribution in [2.45, 2.75) is 19.0 Å². The molecule has 15 heavy (non-hydrogen) atoms. The fourth-order valence-corrected chi connectivity index (χ4v) is 2.89. The number of hydrogen-bond donors (Lipinski definition) is 1.